The van der Waals surface area contributed by atoms with E-state index in [1.54, 1.807) is 7.11 Å². The fraction of sp³-hybridized carbons (Fsp3) is 0.462. The van der Waals surface area contributed by atoms with E-state index in [0.717, 1.165) is 5.56 Å². The van der Waals surface area contributed by atoms with Crippen molar-refractivity contribution in [3.8, 4) is 0 Å². The van der Waals surface area contributed by atoms with E-state index in [0.29, 0.717) is 26.0 Å². The number of amides is 1. The fourth-order valence-electron chi connectivity index (χ4n) is 1.53. The molecule has 0 bridgehead atoms. The molecule has 0 aromatic heterocycles. The lowest BCUT2D eigenvalue weighted by molar-refractivity contribution is -0.121. The molecule has 0 heterocycles. The third-order valence-corrected chi connectivity index (χ3v) is 2.54. The monoisotopic (exact) mass is 236 g/mol. The highest BCUT2D eigenvalue weighted by atomic mass is 16.5. The van der Waals surface area contributed by atoms with Gasteiger partial charge in [-0.25, -0.2) is 0 Å². The number of nitrogens with one attached hydrogen (secondary N) is 1. The Bertz CT molecular complexity index is 327. The van der Waals surface area contributed by atoms with E-state index in [1.807, 2.05) is 30.3 Å². The second kappa shape index (κ2) is 7.81. The average molecular weight is 236 g/mol. The van der Waals surface area contributed by atoms with Crippen LogP contribution in [0, 0.1) is 0 Å². The normalized spacial score (nSPS) is 12.1. The highest BCUT2D eigenvalue weighted by molar-refractivity contribution is 5.75. The van der Waals surface area contributed by atoms with Gasteiger partial charge in [-0.2, -0.15) is 0 Å². The molecule has 3 N–H and O–H groups in total. The highest BCUT2D eigenvalue weighted by Gasteiger charge is 2.08. The van der Waals surface area contributed by atoms with Gasteiger partial charge in [0.25, 0.3) is 0 Å². The van der Waals surface area contributed by atoms with Crippen LogP contribution in [0.15, 0.2) is 30.3 Å². The molecule has 0 spiro atoms. The molecule has 0 aliphatic carbocycles. The Hall–Kier alpha value is -1.39. The molecule has 0 aliphatic rings. The molecular weight excluding hydrogens is 216 g/mol. The molecule has 0 fully saturated rings. The van der Waals surface area contributed by atoms with Crippen molar-refractivity contribution in [3.05, 3.63) is 35.9 Å². The molecule has 1 aromatic carbocycles. The summed E-state index contributed by atoms with van der Waals surface area (Å²) in [6.07, 6.45) is 1.10. The van der Waals surface area contributed by atoms with Crippen LogP contribution in [0.25, 0.3) is 0 Å². The molecule has 0 saturated heterocycles. The minimum Gasteiger partial charge on any atom is -0.383 e. The zero-order valence-electron chi connectivity index (χ0n) is 10.2. The van der Waals surface area contributed by atoms with Gasteiger partial charge in [-0.1, -0.05) is 30.3 Å². The van der Waals surface area contributed by atoms with Crippen LogP contribution >= 0.6 is 0 Å². The molecule has 0 radical (unpaired) electrons. The van der Waals surface area contributed by atoms with E-state index in [1.165, 1.54) is 0 Å². The van der Waals surface area contributed by atoms with Crippen LogP contribution < -0.4 is 11.1 Å². The summed E-state index contributed by atoms with van der Waals surface area (Å²) in [5.41, 5.74) is 7.06. The van der Waals surface area contributed by atoms with E-state index in [2.05, 4.69) is 5.32 Å². The molecule has 4 heteroatoms. The van der Waals surface area contributed by atoms with E-state index in [4.69, 9.17) is 10.5 Å². The molecule has 94 valence electrons. The summed E-state index contributed by atoms with van der Waals surface area (Å²) in [5, 5.41) is 2.77. The highest BCUT2D eigenvalue weighted by Crippen LogP contribution is 2.14. The van der Waals surface area contributed by atoms with Crippen LogP contribution in [-0.4, -0.2) is 26.2 Å². The Kier molecular flexibility index (Phi) is 6.29. The number of carbonyl (C=O) groups is 1. The van der Waals surface area contributed by atoms with Gasteiger partial charge in [0, 0.05) is 26.1 Å². The third-order valence-electron chi connectivity index (χ3n) is 2.54. The Morgan fingerprint density at radius 1 is 1.41 bits per heavy atom. The van der Waals surface area contributed by atoms with Gasteiger partial charge in [-0.15, -0.1) is 0 Å². The topological polar surface area (TPSA) is 64.3 Å². The molecule has 0 saturated carbocycles. The van der Waals surface area contributed by atoms with Crippen LogP contribution in [0.3, 0.4) is 0 Å². The molecule has 1 aromatic rings. The van der Waals surface area contributed by atoms with Crippen LogP contribution in [-0.2, 0) is 9.53 Å². The number of hydrogen-bond acceptors (Lipinski definition) is 3. The first-order valence-electron chi connectivity index (χ1n) is 5.80. The molecular formula is C13H20N2O2. The van der Waals surface area contributed by atoms with Crippen molar-refractivity contribution in [2.24, 2.45) is 5.73 Å². The maximum atomic E-state index is 11.4. The quantitative estimate of drug-likeness (QED) is 0.700. The van der Waals surface area contributed by atoms with Gasteiger partial charge in [0.1, 0.15) is 0 Å². The van der Waals surface area contributed by atoms with Gasteiger partial charge in [0.05, 0.1) is 6.61 Å². The van der Waals surface area contributed by atoms with Gasteiger partial charge in [-0.05, 0) is 12.0 Å². The SMILES string of the molecule is COCCNC(=O)CCC(N)c1ccccc1. The molecule has 0 aliphatic heterocycles. The van der Waals surface area contributed by atoms with Crippen molar-refractivity contribution >= 4 is 5.91 Å². The zero-order chi connectivity index (χ0) is 12.5. The van der Waals surface area contributed by atoms with Crippen molar-refractivity contribution in [1.29, 1.82) is 0 Å². The fourth-order valence-corrected chi connectivity index (χ4v) is 1.53. The first kappa shape index (κ1) is 13.7. The van der Waals surface area contributed by atoms with E-state index < -0.39 is 0 Å². The van der Waals surface area contributed by atoms with Gasteiger partial charge < -0.3 is 15.8 Å². The zero-order valence-corrected chi connectivity index (χ0v) is 10.2. The van der Waals surface area contributed by atoms with Crippen molar-refractivity contribution in [1.82, 2.24) is 5.32 Å². The number of methoxy groups -OCH3 is 1. The Morgan fingerprint density at radius 3 is 2.76 bits per heavy atom. The molecule has 17 heavy (non-hydrogen) atoms. The minimum absolute atomic E-state index is 0.0217. The van der Waals surface area contributed by atoms with Crippen LogP contribution in [0.1, 0.15) is 24.4 Å². The molecule has 1 rings (SSSR count). The van der Waals surface area contributed by atoms with Crippen LogP contribution in [0.4, 0.5) is 0 Å². The number of benzene rings is 1. The Labute approximate surface area is 102 Å². The van der Waals surface area contributed by atoms with Crippen LogP contribution in [0.2, 0.25) is 0 Å². The van der Waals surface area contributed by atoms with Gasteiger partial charge in [-0.3, -0.25) is 4.79 Å². The summed E-state index contributed by atoms with van der Waals surface area (Å²) < 4.78 is 4.85. The molecule has 1 atom stereocenters. The largest absolute Gasteiger partial charge is 0.383 e. The minimum atomic E-state index is -0.0793. The summed E-state index contributed by atoms with van der Waals surface area (Å²) in [7, 11) is 1.61. The van der Waals surface area contributed by atoms with Crippen LogP contribution in [0.5, 0.6) is 0 Å². The lowest BCUT2D eigenvalue weighted by atomic mass is 10.0. The van der Waals surface area contributed by atoms with Gasteiger partial charge >= 0.3 is 0 Å². The number of rotatable bonds is 7. The number of ether oxygens (including phenoxy) is 1. The standard InChI is InChI=1S/C13H20N2O2/c1-17-10-9-15-13(16)8-7-12(14)11-5-3-2-4-6-11/h2-6,12H,7-10,14H2,1H3,(H,15,16). The van der Waals surface area contributed by atoms with Gasteiger partial charge in [0.15, 0.2) is 0 Å². The summed E-state index contributed by atoms with van der Waals surface area (Å²) >= 11 is 0. The van der Waals surface area contributed by atoms with E-state index in [9.17, 15) is 4.79 Å². The smallest absolute Gasteiger partial charge is 0.220 e. The van der Waals surface area contributed by atoms with Gasteiger partial charge in [0.2, 0.25) is 5.91 Å². The lowest BCUT2D eigenvalue weighted by Gasteiger charge is -2.11. The van der Waals surface area contributed by atoms with E-state index in [-0.39, 0.29) is 11.9 Å². The maximum absolute atomic E-state index is 11.4. The Balaban J connectivity index is 2.24. The number of hydrogen-bond donors (Lipinski definition) is 2. The number of carbonyl (C=O) groups excluding carboxylic acids is 1. The predicted molar refractivity (Wildman–Crippen MR) is 67.5 cm³/mol. The molecule has 1 unspecified atom stereocenters. The molecule has 1 amide bonds. The summed E-state index contributed by atoms with van der Waals surface area (Å²) in [6, 6.07) is 9.74. The first-order chi connectivity index (χ1) is 8.24. The summed E-state index contributed by atoms with van der Waals surface area (Å²) in [6.45, 7) is 1.09. The first-order valence-corrected chi connectivity index (χ1v) is 5.80. The molecule has 4 nitrogen and oxygen atoms in total. The maximum Gasteiger partial charge on any atom is 0.220 e. The summed E-state index contributed by atoms with van der Waals surface area (Å²) in [5.74, 6) is 0.0217. The van der Waals surface area contributed by atoms with Crippen molar-refractivity contribution in [2.75, 3.05) is 20.3 Å². The predicted octanol–water partition coefficient (Wildman–Crippen LogP) is 1.23. The number of nitrogens with two attached hydrogens (primary N) is 1. The Morgan fingerprint density at radius 2 is 2.12 bits per heavy atom. The second-order valence-electron chi connectivity index (χ2n) is 3.90. The lowest BCUT2D eigenvalue weighted by Crippen LogP contribution is -2.27. The van der Waals surface area contributed by atoms with Crippen molar-refractivity contribution in [3.63, 3.8) is 0 Å². The summed E-state index contributed by atoms with van der Waals surface area (Å²) in [4.78, 5) is 11.4. The van der Waals surface area contributed by atoms with E-state index >= 15 is 0 Å². The van der Waals surface area contributed by atoms with Crippen molar-refractivity contribution < 1.29 is 9.53 Å². The second-order valence-corrected chi connectivity index (χ2v) is 3.90. The third kappa shape index (κ3) is 5.47. The average Bonchev–Trinajstić information content (AvgIpc) is 2.37. The van der Waals surface area contributed by atoms with Crippen molar-refractivity contribution in [2.45, 2.75) is 18.9 Å².